The molecule has 0 bridgehead atoms. The van der Waals surface area contributed by atoms with Gasteiger partial charge in [0.15, 0.2) is 0 Å². The Hall–Kier alpha value is -2.86. The van der Waals surface area contributed by atoms with Crippen molar-refractivity contribution in [2.45, 2.75) is 45.4 Å². The van der Waals surface area contributed by atoms with Crippen LogP contribution >= 0.6 is 0 Å². The predicted octanol–water partition coefficient (Wildman–Crippen LogP) is 3.99. The van der Waals surface area contributed by atoms with Crippen molar-refractivity contribution in [2.75, 3.05) is 5.32 Å². The van der Waals surface area contributed by atoms with Crippen molar-refractivity contribution in [1.82, 2.24) is 9.97 Å². The highest BCUT2D eigenvalue weighted by atomic mass is 16.5. The summed E-state index contributed by atoms with van der Waals surface area (Å²) in [6.07, 6.45) is 6.85. The van der Waals surface area contributed by atoms with Gasteiger partial charge in [0, 0.05) is 29.2 Å². The van der Waals surface area contributed by atoms with Crippen LogP contribution in [0.15, 0.2) is 54.4 Å². The van der Waals surface area contributed by atoms with E-state index in [0.717, 1.165) is 17.7 Å². The van der Waals surface area contributed by atoms with Gasteiger partial charge in [-0.2, -0.15) is 0 Å². The number of hydrogen-bond acceptors (Lipinski definition) is 6. The molecule has 3 N–H and O–H groups in total. The van der Waals surface area contributed by atoms with E-state index in [2.05, 4.69) is 15.3 Å². The van der Waals surface area contributed by atoms with Gasteiger partial charge in [-0.1, -0.05) is 6.07 Å². The van der Waals surface area contributed by atoms with Crippen LogP contribution in [0.2, 0.25) is 0 Å². The third kappa shape index (κ3) is 5.08. The molecule has 0 aromatic carbocycles. The van der Waals surface area contributed by atoms with E-state index in [1.165, 1.54) is 0 Å². The van der Waals surface area contributed by atoms with Gasteiger partial charge in [-0.3, -0.25) is 10.4 Å². The van der Waals surface area contributed by atoms with Gasteiger partial charge in [0.1, 0.15) is 5.82 Å². The molecule has 140 valence electrons. The van der Waals surface area contributed by atoms with Crippen molar-refractivity contribution in [1.29, 1.82) is 10.8 Å². The molecule has 1 unspecified atom stereocenters. The van der Waals surface area contributed by atoms with Crippen molar-refractivity contribution in [3.05, 3.63) is 65.6 Å². The van der Waals surface area contributed by atoms with Gasteiger partial charge in [-0.15, -0.1) is 0 Å². The fourth-order valence-corrected chi connectivity index (χ4v) is 3.00. The minimum absolute atomic E-state index is 0.0435. The van der Waals surface area contributed by atoms with Crippen LogP contribution in [0.25, 0.3) is 0 Å². The molecule has 2 aromatic rings. The predicted molar refractivity (Wildman–Crippen MR) is 108 cm³/mol. The Morgan fingerprint density at radius 3 is 2.85 bits per heavy atom. The molecule has 0 spiro atoms. The summed E-state index contributed by atoms with van der Waals surface area (Å²) in [6.45, 7) is 4.57. The highest BCUT2D eigenvalue weighted by Gasteiger charge is 2.22. The van der Waals surface area contributed by atoms with E-state index in [9.17, 15) is 0 Å². The molecule has 1 aliphatic rings. The van der Waals surface area contributed by atoms with Gasteiger partial charge in [-0.05, 0) is 57.0 Å². The van der Waals surface area contributed by atoms with E-state index < -0.39 is 0 Å². The standard InChI is InChI=1S/C21H25N5O/c1-14(2)27-17-6-7-19(22)18(12-17)21(23)15-8-10-25-20(11-15)26-13-16-5-3-4-9-24-16/h3-5,8-12,14,17,22-23H,6-7,13H2,1-2H3,(H,25,26). The summed E-state index contributed by atoms with van der Waals surface area (Å²) >= 11 is 0. The van der Waals surface area contributed by atoms with E-state index in [1.54, 1.807) is 18.5 Å². The first-order valence-corrected chi connectivity index (χ1v) is 9.17. The smallest absolute Gasteiger partial charge is 0.126 e. The molecule has 6 nitrogen and oxygen atoms in total. The lowest BCUT2D eigenvalue weighted by molar-refractivity contribution is 0.0311. The van der Waals surface area contributed by atoms with Gasteiger partial charge in [-0.25, -0.2) is 4.98 Å². The second kappa shape index (κ2) is 8.68. The fourth-order valence-electron chi connectivity index (χ4n) is 3.00. The number of hydrogen-bond donors (Lipinski definition) is 3. The quantitative estimate of drug-likeness (QED) is 0.648. The Morgan fingerprint density at radius 2 is 2.11 bits per heavy atom. The Labute approximate surface area is 159 Å². The molecule has 2 heterocycles. The monoisotopic (exact) mass is 363 g/mol. The molecule has 0 saturated carbocycles. The molecule has 0 amide bonds. The average Bonchev–Trinajstić information content (AvgIpc) is 2.68. The first kappa shape index (κ1) is 18.9. The maximum Gasteiger partial charge on any atom is 0.126 e. The van der Waals surface area contributed by atoms with Crippen molar-refractivity contribution >= 4 is 17.2 Å². The van der Waals surface area contributed by atoms with E-state index in [0.29, 0.717) is 35.8 Å². The van der Waals surface area contributed by atoms with Crippen LogP contribution in [0.3, 0.4) is 0 Å². The van der Waals surface area contributed by atoms with Crippen molar-refractivity contribution in [3.63, 3.8) is 0 Å². The lowest BCUT2D eigenvalue weighted by atomic mass is 9.89. The van der Waals surface area contributed by atoms with Crippen LogP contribution in [0.5, 0.6) is 0 Å². The fraction of sp³-hybridized carbons (Fsp3) is 0.333. The largest absolute Gasteiger partial charge is 0.371 e. The molecule has 0 fully saturated rings. The first-order chi connectivity index (χ1) is 13.0. The summed E-state index contributed by atoms with van der Waals surface area (Å²) in [5.74, 6) is 0.681. The normalized spacial score (nSPS) is 16.9. The lowest BCUT2D eigenvalue weighted by Gasteiger charge is -2.24. The maximum absolute atomic E-state index is 8.59. The zero-order valence-electron chi connectivity index (χ0n) is 15.7. The number of pyridine rings is 2. The second-order valence-corrected chi connectivity index (χ2v) is 6.80. The molecular formula is C21H25N5O. The molecule has 2 aromatic heterocycles. The minimum Gasteiger partial charge on any atom is -0.371 e. The number of rotatable bonds is 7. The number of aromatic nitrogens is 2. The minimum atomic E-state index is -0.0435. The Balaban J connectivity index is 1.74. The molecular weight excluding hydrogens is 338 g/mol. The van der Waals surface area contributed by atoms with Crippen LogP contribution in [0.4, 0.5) is 5.82 Å². The van der Waals surface area contributed by atoms with Crippen LogP contribution in [-0.2, 0) is 11.3 Å². The van der Waals surface area contributed by atoms with Crippen LogP contribution in [0, 0.1) is 10.8 Å². The number of allylic oxidation sites excluding steroid dienone is 1. The summed E-state index contributed by atoms with van der Waals surface area (Å²) in [7, 11) is 0. The van der Waals surface area contributed by atoms with Gasteiger partial charge in [0.2, 0.25) is 0 Å². The summed E-state index contributed by atoms with van der Waals surface area (Å²) in [4.78, 5) is 8.60. The average molecular weight is 363 g/mol. The Kier molecular flexibility index (Phi) is 6.08. The van der Waals surface area contributed by atoms with Crippen molar-refractivity contribution < 1.29 is 4.74 Å². The summed E-state index contributed by atoms with van der Waals surface area (Å²) in [5.41, 5.74) is 3.12. The summed E-state index contributed by atoms with van der Waals surface area (Å²) in [5, 5.41) is 20.1. The number of nitrogens with one attached hydrogen (secondary N) is 3. The topological polar surface area (TPSA) is 94.7 Å². The summed E-state index contributed by atoms with van der Waals surface area (Å²) < 4.78 is 5.87. The maximum atomic E-state index is 8.59. The van der Waals surface area contributed by atoms with Gasteiger partial charge < -0.3 is 15.5 Å². The molecule has 1 aliphatic carbocycles. The van der Waals surface area contributed by atoms with E-state index in [4.69, 9.17) is 15.6 Å². The number of anilines is 1. The zero-order chi connectivity index (χ0) is 19.2. The molecule has 1 atom stereocenters. The molecule has 0 saturated heterocycles. The molecule has 3 rings (SSSR count). The van der Waals surface area contributed by atoms with Crippen molar-refractivity contribution in [3.8, 4) is 0 Å². The lowest BCUT2D eigenvalue weighted by Crippen LogP contribution is -2.26. The number of nitrogens with zero attached hydrogens (tertiary/aromatic N) is 2. The summed E-state index contributed by atoms with van der Waals surface area (Å²) in [6, 6.07) is 9.41. The van der Waals surface area contributed by atoms with E-state index >= 15 is 0 Å². The van der Waals surface area contributed by atoms with Gasteiger partial charge in [0.25, 0.3) is 0 Å². The van der Waals surface area contributed by atoms with Crippen LogP contribution in [0.1, 0.15) is 37.9 Å². The molecule has 27 heavy (non-hydrogen) atoms. The Morgan fingerprint density at radius 1 is 1.26 bits per heavy atom. The molecule has 0 aliphatic heterocycles. The van der Waals surface area contributed by atoms with E-state index in [-0.39, 0.29) is 12.2 Å². The Bertz CT molecular complexity index is 845. The highest BCUT2D eigenvalue weighted by molar-refractivity contribution is 6.28. The highest BCUT2D eigenvalue weighted by Crippen LogP contribution is 2.23. The first-order valence-electron chi connectivity index (χ1n) is 9.17. The SMILES string of the molecule is CC(C)OC1C=C(C(=N)c2ccnc(NCc3ccccn3)c2)C(=N)CC1. The van der Waals surface area contributed by atoms with Crippen LogP contribution < -0.4 is 5.32 Å². The number of ether oxygens (including phenoxy) is 1. The van der Waals surface area contributed by atoms with Crippen LogP contribution in [-0.4, -0.2) is 33.6 Å². The zero-order valence-corrected chi connectivity index (χ0v) is 15.7. The second-order valence-electron chi connectivity index (χ2n) is 6.80. The third-order valence-corrected chi connectivity index (χ3v) is 4.30. The van der Waals surface area contributed by atoms with Gasteiger partial charge in [0.05, 0.1) is 30.2 Å². The van der Waals surface area contributed by atoms with E-state index in [1.807, 2.05) is 44.2 Å². The third-order valence-electron chi connectivity index (χ3n) is 4.30. The molecule has 0 radical (unpaired) electrons. The van der Waals surface area contributed by atoms with Gasteiger partial charge >= 0.3 is 0 Å². The molecule has 6 heteroatoms. The van der Waals surface area contributed by atoms with Crippen molar-refractivity contribution in [2.24, 2.45) is 0 Å².